The largest absolute Gasteiger partial charge is 0.460 e. The van der Waals surface area contributed by atoms with Crippen molar-refractivity contribution >= 4 is 5.97 Å². The fraction of sp³-hybridized carbons (Fsp3) is 0.857. The van der Waals surface area contributed by atoms with E-state index in [1.807, 2.05) is 6.92 Å². The number of rotatable bonds is 1. The highest BCUT2D eigenvalue weighted by Gasteiger charge is 2.25. The van der Waals surface area contributed by atoms with Crippen LogP contribution < -0.4 is 0 Å². The van der Waals surface area contributed by atoms with E-state index in [1.165, 1.54) is 0 Å². The number of hydrogen-bond donors (Lipinski definition) is 1. The molecule has 1 aliphatic rings. The van der Waals surface area contributed by atoms with Crippen LogP contribution in [0.25, 0.3) is 0 Å². The SMILES string of the molecule is CC1CC[C@H](CO)OC1=O. The van der Waals surface area contributed by atoms with Crippen molar-refractivity contribution in [3.63, 3.8) is 0 Å². The molecule has 3 nitrogen and oxygen atoms in total. The zero-order chi connectivity index (χ0) is 7.56. The van der Waals surface area contributed by atoms with Gasteiger partial charge in [-0.3, -0.25) is 4.79 Å². The van der Waals surface area contributed by atoms with Gasteiger partial charge in [-0.15, -0.1) is 0 Å². The van der Waals surface area contributed by atoms with Gasteiger partial charge in [0.1, 0.15) is 6.10 Å². The molecular formula is C7H12O3. The van der Waals surface area contributed by atoms with E-state index in [-0.39, 0.29) is 24.6 Å². The van der Waals surface area contributed by atoms with Crippen molar-refractivity contribution < 1.29 is 14.6 Å². The quantitative estimate of drug-likeness (QED) is 0.539. The van der Waals surface area contributed by atoms with Crippen LogP contribution in [0.5, 0.6) is 0 Å². The molecule has 58 valence electrons. The smallest absolute Gasteiger partial charge is 0.309 e. The molecule has 0 radical (unpaired) electrons. The Bertz CT molecular complexity index is 133. The second kappa shape index (κ2) is 3.01. The molecule has 0 aliphatic carbocycles. The molecule has 3 heteroatoms. The van der Waals surface area contributed by atoms with Crippen LogP contribution in [-0.4, -0.2) is 23.8 Å². The van der Waals surface area contributed by atoms with Crippen LogP contribution in [0.1, 0.15) is 19.8 Å². The summed E-state index contributed by atoms with van der Waals surface area (Å²) in [7, 11) is 0. The topological polar surface area (TPSA) is 46.5 Å². The van der Waals surface area contributed by atoms with Gasteiger partial charge >= 0.3 is 5.97 Å². The van der Waals surface area contributed by atoms with E-state index in [4.69, 9.17) is 9.84 Å². The number of esters is 1. The summed E-state index contributed by atoms with van der Waals surface area (Å²) < 4.78 is 4.86. The second-order valence-corrected chi connectivity index (χ2v) is 2.72. The number of carbonyl (C=O) groups excluding carboxylic acids is 1. The highest BCUT2D eigenvalue weighted by Crippen LogP contribution is 2.18. The maximum Gasteiger partial charge on any atom is 0.309 e. The molecule has 1 rings (SSSR count). The average Bonchev–Trinajstić information content (AvgIpc) is 1.95. The predicted molar refractivity (Wildman–Crippen MR) is 35.4 cm³/mol. The van der Waals surface area contributed by atoms with Crippen LogP contribution in [0, 0.1) is 5.92 Å². The minimum Gasteiger partial charge on any atom is -0.460 e. The number of ether oxygens (including phenoxy) is 1. The second-order valence-electron chi connectivity index (χ2n) is 2.72. The van der Waals surface area contributed by atoms with E-state index < -0.39 is 0 Å². The van der Waals surface area contributed by atoms with Gasteiger partial charge in [0, 0.05) is 0 Å². The Hall–Kier alpha value is -0.570. The Balaban J connectivity index is 2.41. The summed E-state index contributed by atoms with van der Waals surface area (Å²) in [4.78, 5) is 10.8. The lowest BCUT2D eigenvalue weighted by Crippen LogP contribution is -2.31. The molecule has 0 saturated carbocycles. The third-order valence-corrected chi connectivity index (χ3v) is 1.81. The normalized spacial score (nSPS) is 33.6. The zero-order valence-corrected chi connectivity index (χ0v) is 6.04. The van der Waals surface area contributed by atoms with Crippen LogP contribution in [0.3, 0.4) is 0 Å². The van der Waals surface area contributed by atoms with Gasteiger partial charge in [-0.05, 0) is 12.8 Å². The summed E-state index contributed by atoms with van der Waals surface area (Å²) in [5, 5.41) is 8.62. The highest BCUT2D eigenvalue weighted by atomic mass is 16.6. The first kappa shape index (κ1) is 7.54. The minimum atomic E-state index is -0.247. The maximum atomic E-state index is 10.8. The molecule has 1 unspecified atom stereocenters. The summed E-state index contributed by atoms with van der Waals surface area (Å²) in [5.74, 6) is -0.159. The molecular weight excluding hydrogens is 132 g/mol. The molecule has 0 bridgehead atoms. The Morgan fingerprint density at radius 2 is 2.40 bits per heavy atom. The van der Waals surface area contributed by atoms with Gasteiger partial charge in [-0.25, -0.2) is 0 Å². The van der Waals surface area contributed by atoms with Crippen molar-refractivity contribution in [1.29, 1.82) is 0 Å². The standard InChI is InChI=1S/C7H12O3/c1-5-2-3-6(4-8)10-7(5)9/h5-6,8H,2-4H2,1H3/t5?,6-/m1/s1. The molecule has 1 heterocycles. The molecule has 0 aromatic carbocycles. The van der Waals surface area contributed by atoms with Gasteiger partial charge in [0.25, 0.3) is 0 Å². The van der Waals surface area contributed by atoms with E-state index in [0.29, 0.717) is 0 Å². The van der Waals surface area contributed by atoms with Crippen LogP contribution in [0.15, 0.2) is 0 Å². The van der Waals surface area contributed by atoms with Crippen LogP contribution >= 0.6 is 0 Å². The van der Waals surface area contributed by atoms with Gasteiger partial charge < -0.3 is 9.84 Å². The summed E-state index contributed by atoms with van der Waals surface area (Å²) >= 11 is 0. The molecule has 1 fully saturated rings. The highest BCUT2D eigenvalue weighted by molar-refractivity contribution is 5.72. The lowest BCUT2D eigenvalue weighted by atomic mass is 10.0. The van der Waals surface area contributed by atoms with E-state index >= 15 is 0 Å². The van der Waals surface area contributed by atoms with Crippen LogP contribution in [-0.2, 0) is 9.53 Å². The Labute approximate surface area is 60.0 Å². The van der Waals surface area contributed by atoms with Crippen molar-refractivity contribution in [2.75, 3.05) is 6.61 Å². The fourth-order valence-corrected chi connectivity index (χ4v) is 1.02. The summed E-state index contributed by atoms with van der Waals surface area (Å²) in [6.45, 7) is 1.80. The summed E-state index contributed by atoms with van der Waals surface area (Å²) in [5.41, 5.74) is 0. The number of carbonyl (C=O) groups is 1. The monoisotopic (exact) mass is 144 g/mol. The molecule has 1 aliphatic heterocycles. The van der Waals surface area contributed by atoms with E-state index in [9.17, 15) is 4.79 Å². The molecule has 1 saturated heterocycles. The lowest BCUT2D eigenvalue weighted by Gasteiger charge is -2.24. The maximum absolute atomic E-state index is 10.8. The third kappa shape index (κ3) is 1.48. The van der Waals surface area contributed by atoms with Gasteiger partial charge in [-0.1, -0.05) is 6.92 Å². The van der Waals surface area contributed by atoms with Crippen LogP contribution in [0.4, 0.5) is 0 Å². The Morgan fingerprint density at radius 1 is 1.70 bits per heavy atom. The first-order chi connectivity index (χ1) is 4.74. The number of aliphatic hydroxyl groups excluding tert-OH is 1. The van der Waals surface area contributed by atoms with E-state index in [1.54, 1.807) is 0 Å². The molecule has 2 atom stereocenters. The van der Waals surface area contributed by atoms with Crippen molar-refractivity contribution in [3.05, 3.63) is 0 Å². The third-order valence-electron chi connectivity index (χ3n) is 1.81. The first-order valence-electron chi connectivity index (χ1n) is 3.55. The van der Waals surface area contributed by atoms with Crippen molar-refractivity contribution in [2.24, 2.45) is 5.92 Å². The Kier molecular flexibility index (Phi) is 2.27. The minimum absolute atomic E-state index is 0.0165. The van der Waals surface area contributed by atoms with Crippen molar-refractivity contribution in [1.82, 2.24) is 0 Å². The summed E-state index contributed by atoms with van der Waals surface area (Å²) in [6.07, 6.45) is 1.39. The molecule has 1 N–H and O–H groups in total. The Morgan fingerprint density at radius 3 is 2.90 bits per heavy atom. The first-order valence-corrected chi connectivity index (χ1v) is 3.55. The van der Waals surface area contributed by atoms with Crippen molar-refractivity contribution in [3.8, 4) is 0 Å². The van der Waals surface area contributed by atoms with Gasteiger partial charge in [0.15, 0.2) is 0 Å². The predicted octanol–water partition coefficient (Wildman–Crippen LogP) is 0.320. The fourth-order valence-electron chi connectivity index (χ4n) is 1.02. The van der Waals surface area contributed by atoms with E-state index in [0.717, 1.165) is 12.8 Å². The van der Waals surface area contributed by atoms with Crippen LogP contribution in [0.2, 0.25) is 0 Å². The number of cyclic esters (lactones) is 1. The molecule has 10 heavy (non-hydrogen) atoms. The molecule has 0 amide bonds. The number of hydrogen-bond acceptors (Lipinski definition) is 3. The average molecular weight is 144 g/mol. The summed E-state index contributed by atoms with van der Waals surface area (Å²) in [6, 6.07) is 0. The van der Waals surface area contributed by atoms with E-state index in [2.05, 4.69) is 0 Å². The number of aliphatic hydroxyl groups is 1. The molecule has 0 aromatic heterocycles. The van der Waals surface area contributed by atoms with Crippen molar-refractivity contribution in [2.45, 2.75) is 25.9 Å². The van der Waals surface area contributed by atoms with Gasteiger partial charge in [0.05, 0.1) is 12.5 Å². The molecule has 0 spiro atoms. The lowest BCUT2D eigenvalue weighted by molar-refractivity contribution is -0.161. The zero-order valence-electron chi connectivity index (χ0n) is 6.04. The van der Waals surface area contributed by atoms with Gasteiger partial charge in [-0.2, -0.15) is 0 Å². The molecule has 0 aromatic rings. The van der Waals surface area contributed by atoms with Gasteiger partial charge in [0.2, 0.25) is 0 Å².